The number of benzene rings is 1. The van der Waals surface area contributed by atoms with Crippen molar-refractivity contribution in [2.75, 3.05) is 5.32 Å². The zero-order valence-electron chi connectivity index (χ0n) is 11.9. The number of hydrogen-bond acceptors (Lipinski definition) is 3. The second kappa shape index (κ2) is 6.96. The summed E-state index contributed by atoms with van der Waals surface area (Å²) < 4.78 is 1.37. The molecule has 1 aromatic heterocycles. The number of halogens is 2. The summed E-state index contributed by atoms with van der Waals surface area (Å²) in [5.41, 5.74) is 1.26. The molecule has 2 aromatic rings. The van der Waals surface area contributed by atoms with Gasteiger partial charge in [0.1, 0.15) is 5.02 Å². The van der Waals surface area contributed by atoms with Crippen LogP contribution >= 0.6 is 23.2 Å². The van der Waals surface area contributed by atoms with Crippen LogP contribution in [0.25, 0.3) is 0 Å². The van der Waals surface area contributed by atoms with E-state index in [2.05, 4.69) is 10.4 Å². The van der Waals surface area contributed by atoms with Crippen LogP contribution in [0, 0.1) is 0 Å². The highest BCUT2D eigenvalue weighted by Gasteiger charge is 2.12. The highest BCUT2D eigenvalue weighted by molar-refractivity contribution is 6.33. The number of anilines is 1. The van der Waals surface area contributed by atoms with Crippen LogP contribution in [0.3, 0.4) is 0 Å². The van der Waals surface area contributed by atoms with Crippen LogP contribution in [0.1, 0.15) is 31.9 Å². The summed E-state index contributed by atoms with van der Waals surface area (Å²) in [6.45, 7) is 4.51. The van der Waals surface area contributed by atoms with Crippen molar-refractivity contribution >= 4 is 28.9 Å². The van der Waals surface area contributed by atoms with Crippen molar-refractivity contribution in [3.8, 4) is 0 Å². The Morgan fingerprint density at radius 3 is 2.81 bits per heavy atom. The highest BCUT2D eigenvalue weighted by atomic mass is 35.5. The molecular weight excluding hydrogens is 309 g/mol. The fourth-order valence-electron chi connectivity index (χ4n) is 2.03. The van der Waals surface area contributed by atoms with Gasteiger partial charge in [0.05, 0.1) is 11.9 Å². The van der Waals surface area contributed by atoms with E-state index in [0.717, 1.165) is 12.0 Å². The molecule has 4 nitrogen and oxygen atoms in total. The Morgan fingerprint density at radius 2 is 2.14 bits per heavy atom. The van der Waals surface area contributed by atoms with E-state index in [1.807, 2.05) is 38.1 Å². The zero-order valence-corrected chi connectivity index (χ0v) is 13.4. The Balaban J connectivity index is 2.24. The van der Waals surface area contributed by atoms with Crippen LogP contribution < -0.4 is 10.9 Å². The van der Waals surface area contributed by atoms with Crippen molar-refractivity contribution in [3.05, 3.63) is 56.4 Å². The number of nitrogens with one attached hydrogen (secondary N) is 1. The lowest BCUT2D eigenvalue weighted by Gasteiger charge is -2.17. The lowest BCUT2D eigenvalue weighted by molar-refractivity contribution is 0.568. The summed E-state index contributed by atoms with van der Waals surface area (Å²) >= 11 is 12.1. The molecule has 0 amide bonds. The van der Waals surface area contributed by atoms with Gasteiger partial charge in [-0.15, -0.1) is 0 Å². The summed E-state index contributed by atoms with van der Waals surface area (Å²) in [7, 11) is 0. The van der Waals surface area contributed by atoms with Gasteiger partial charge in [-0.25, -0.2) is 4.68 Å². The van der Waals surface area contributed by atoms with Crippen molar-refractivity contribution in [1.29, 1.82) is 0 Å². The maximum atomic E-state index is 12.1. The summed E-state index contributed by atoms with van der Waals surface area (Å²) in [6.07, 6.45) is 2.41. The molecule has 1 aromatic carbocycles. The molecule has 0 saturated carbocycles. The maximum Gasteiger partial charge on any atom is 0.287 e. The van der Waals surface area contributed by atoms with E-state index >= 15 is 0 Å². The third-order valence-electron chi connectivity index (χ3n) is 3.14. The van der Waals surface area contributed by atoms with Crippen molar-refractivity contribution in [2.24, 2.45) is 0 Å². The van der Waals surface area contributed by atoms with E-state index in [1.54, 1.807) is 6.20 Å². The Hall–Kier alpha value is -1.52. The molecule has 1 atom stereocenters. The van der Waals surface area contributed by atoms with Gasteiger partial charge in [0, 0.05) is 17.6 Å². The second-order valence-corrected chi connectivity index (χ2v) is 5.64. The number of hydrogen-bond donors (Lipinski definition) is 1. The van der Waals surface area contributed by atoms with Gasteiger partial charge in [-0.3, -0.25) is 4.79 Å². The summed E-state index contributed by atoms with van der Waals surface area (Å²) in [5.74, 6) is 0. The van der Waals surface area contributed by atoms with Crippen LogP contribution in [-0.2, 0) is 6.54 Å². The van der Waals surface area contributed by atoms with E-state index in [-0.39, 0.29) is 16.6 Å². The Labute approximate surface area is 133 Å². The first-order chi connectivity index (χ1) is 10.0. The third kappa shape index (κ3) is 3.77. The zero-order chi connectivity index (χ0) is 15.4. The predicted octanol–water partition coefficient (Wildman–Crippen LogP) is 4.13. The molecule has 0 fully saturated rings. The van der Waals surface area contributed by atoms with Crippen LogP contribution in [0.5, 0.6) is 0 Å². The molecule has 2 rings (SSSR count). The third-order valence-corrected chi connectivity index (χ3v) is 3.74. The summed E-state index contributed by atoms with van der Waals surface area (Å²) in [6, 6.07) is 7.50. The number of aromatic nitrogens is 2. The molecule has 1 heterocycles. The number of aryl methyl sites for hydroxylation is 1. The van der Waals surface area contributed by atoms with Gasteiger partial charge in [0.15, 0.2) is 0 Å². The Morgan fingerprint density at radius 1 is 1.38 bits per heavy atom. The number of rotatable bonds is 5. The van der Waals surface area contributed by atoms with Crippen molar-refractivity contribution in [2.45, 2.75) is 32.9 Å². The average Bonchev–Trinajstić information content (AvgIpc) is 2.47. The molecule has 1 N–H and O–H groups in total. The van der Waals surface area contributed by atoms with E-state index in [9.17, 15) is 4.79 Å². The summed E-state index contributed by atoms with van der Waals surface area (Å²) in [4.78, 5) is 12.1. The molecule has 0 radical (unpaired) electrons. The largest absolute Gasteiger partial charge is 0.376 e. The van der Waals surface area contributed by atoms with Gasteiger partial charge in [-0.2, -0.15) is 5.10 Å². The van der Waals surface area contributed by atoms with E-state index in [1.165, 1.54) is 4.68 Å². The number of nitrogens with zero attached hydrogens (tertiary/aromatic N) is 2. The van der Waals surface area contributed by atoms with Gasteiger partial charge < -0.3 is 5.32 Å². The SMILES string of the molecule is CCCn1ncc(NC(C)c2cccc(Cl)c2)c(Cl)c1=O. The summed E-state index contributed by atoms with van der Waals surface area (Å²) in [5, 5.41) is 8.15. The van der Waals surface area contributed by atoms with Crippen molar-refractivity contribution < 1.29 is 0 Å². The topological polar surface area (TPSA) is 46.9 Å². The maximum absolute atomic E-state index is 12.1. The van der Waals surface area contributed by atoms with Gasteiger partial charge in [0.25, 0.3) is 5.56 Å². The van der Waals surface area contributed by atoms with Gasteiger partial charge in [-0.1, -0.05) is 42.3 Å². The molecule has 6 heteroatoms. The van der Waals surface area contributed by atoms with Crippen LogP contribution in [-0.4, -0.2) is 9.78 Å². The lowest BCUT2D eigenvalue weighted by atomic mass is 10.1. The Kier molecular flexibility index (Phi) is 5.26. The van der Waals surface area contributed by atoms with Gasteiger partial charge in [-0.05, 0) is 31.0 Å². The standard InChI is InChI=1S/C15H17Cl2N3O/c1-3-7-20-15(21)14(17)13(9-18-20)19-10(2)11-5-4-6-12(16)8-11/h4-6,8-10,19H,3,7H2,1-2H3. The first-order valence-corrected chi connectivity index (χ1v) is 7.56. The predicted molar refractivity (Wildman–Crippen MR) is 87.3 cm³/mol. The fourth-order valence-corrected chi connectivity index (χ4v) is 2.43. The molecule has 0 aliphatic rings. The molecule has 112 valence electrons. The molecule has 0 bridgehead atoms. The molecule has 0 spiro atoms. The second-order valence-electron chi connectivity index (χ2n) is 4.82. The Bertz CT molecular complexity index is 685. The smallest absolute Gasteiger partial charge is 0.287 e. The van der Waals surface area contributed by atoms with E-state index in [4.69, 9.17) is 23.2 Å². The molecule has 21 heavy (non-hydrogen) atoms. The van der Waals surface area contributed by atoms with Crippen LogP contribution in [0.2, 0.25) is 10.0 Å². The average molecular weight is 326 g/mol. The minimum absolute atomic E-state index is 0.0376. The molecule has 0 aliphatic carbocycles. The van der Waals surface area contributed by atoms with Gasteiger partial charge in [0.2, 0.25) is 0 Å². The highest BCUT2D eigenvalue weighted by Crippen LogP contribution is 2.24. The van der Waals surface area contributed by atoms with Crippen molar-refractivity contribution in [1.82, 2.24) is 9.78 Å². The van der Waals surface area contributed by atoms with Crippen molar-refractivity contribution in [3.63, 3.8) is 0 Å². The monoisotopic (exact) mass is 325 g/mol. The first-order valence-electron chi connectivity index (χ1n) is 6.80. The van der Waals surface area contributed by atoms with Crippen LogP contribution in [0.4, 0.5) is 5.69 Å². The quantitative estimate of drug-likeness (QED) is 0.898. The molecule has 1 unspecified atom stereocenters. The lowest BCUT2D eigenvalue weighted by Crippen LogP contribution is -2.24. The first kappa shape index (κ1) is 15.9. The van der Waals surface area contributed by atoms with Gasteiger partial charge >= 0.3 is 0 Å². The molecule has 0 aliphatic heterocycles. The van der Waals surface area contributed by atoms with E-state index in [0.29, 0.717) is 17.3 Å². The minimum atomic E-state index is -0.276. The normalized spacial score (nSPS) is 12.2. The molecular formula is C15H17Cl2N3O. The molecule has 0 saturated heterocycles. The van der Waals surface area contributed by atoms with E-state index < -0.39 is 0 Å². The van der Waals surface area contributed by atoms with Crippen LogP contribution in [0.15, 0.2) is 35.3 Å². The minimum Gasteiger partial charge on any atom is -0.376 e. The fraction of sp³-hybridized carbons (Fsp3) is 0.333.